The molecule has 1 unspecified atom stereocenters. The first-order chi connectivity index (χ1) is 11.9. The van der Waals surface area contributed by atoms with Crippen molar-refractivity contribution in [1.82, 2.24) is 0 Å². The van der Waals surface area contributed by atoms with E-state index in [-0.39, 0.29) is 5.69 Å². The van der Waals surface area contributed by atoms with Crippen molar-refractivity contribution in [3.63, 3.8) is 0 Å². The number of aliphatic imine (C=N–C) groups is 1. The van der Waals surface area contributed by atoms with Crippen molar-refractivity contribution in [2.24, 2.45) is 10.7 Å². The summed E-state index contributed by atoms with van der Waals surface area (Å²) in [7, 11) is 0. The molecular weight excluding hydrogens is 320 g/mol. The third kappa shape index (κ3) is 3.32. The van der Waals surface area contributed by atoms with Gasteiger partial charge in [0.05, 0.1) is 17.2 Å². The molecule has 0 amide bonds. The van der Waals surface area contributed by atoms with E-state index in [2.05, 4.69) is 10.3 Å². The molecule has 0 saturated heterocycles. The first-order valence-corrected chi connectivity index (χ1v) is 8.05. The molecule has 2 aromatic carbocycles. The van der Waals surface area contributed by atoms with E-state index in [9.17, 15) is 10.1 Å². The van der Waals surface area contributed by atoms with Crippen LogP contribution < -0.4 is 15.8 Å². The van der Waals surface area contributed by atoms with Crippen LogP contribution >= 0.6 is 0 Å². The second kappa shape index (κ2) is 6.52. The van der Waals surface area contributed by atoms with E-state index in [0.717, 1.165) is 16.9 Å². The SMILES string of the molecule is CCOc1ccccc1CC1(N)N=C(C)Nc2cc([N+](=O)[O-])ccc21. The topological polar surface area (TPSA) is 103 Å². The lowest BCUT2D eigenvalue weighted by Gasteiger charge is -2.33. The highest BCUT2D eigenvalue weighted by Gasteiger charge is 2.34. The molecule has 0 spiro atoms. The molecule has 3 N–H and O–H groups in total. The zero-order chi connectivity index (χ0) is 18.0. The summed E-state index contributed by atoms with van der Waals surface area (Å²) in [4.78, 5) is 15.2. The van der Waals surface area contributed by atoms with E-state index < -0.39 is 10.6 Å². The summed E-state index contributed by atoms with van der Waals surface area (Å²) in [6.45, 7) is 4.27. The Morgan fingerprint density at radius 1 is 1.32 bits per heavy atom. The van der Waals surface area contributed by atoms with Crippen LogP contribution in [0.1, 0.15) is 25.0 Å². The predicted octanol–water partition coefficient (Wildman–Crippen LogP) is 3.19. The fourth-order valence-corrected chi connectivity index (χ4v) is 3.08. The van der Waals surface area contributed by atoms with E-state index in [1.165, 1.54) is 12.1 Å². The maximum atomic E-state index is 11.0. The molecule has 1 aliphatic heterocycles. The number of nitro benzene ring substituents is 1. The molecule has 0 aliphatic carbocycles. The third-order valence-corrected chi connectivity index (χ3v) is 4.10. The van der Waals surface area contributed by atoms with E-state index >= 15 is 0 Å². The Kier molecular flexibility index (Phi) is 4.41. The Morgan fingerprint density at radius 3 is 2.80 bits per heavy atom. The smallest absolute Gasteiger partial charge is 0.271 e. The van der Waals surface area contributed by atoms with Crippen LogP contribution in [0.4, 0.5) is 11.4 Å². The summed E-state index contributed by atoms with van der Waals surface area (Å²) >= 11 is 0. The fraction of sp³-hybridized carbons (Fsp3) is 0.278. The van der Waals surface area contributed by atoms with Gasteiger partial charge in [0, 0.05) is 24.1 Å². The second-order valence-electron chi connectivity index (χ2n) is 5.95. The summed E-state index contributed by atoms with van der Waals surface area (Å²) in [5.41, 5.74) is 7.89. The lowest BCUT2D eigenvalue weighted by Crippen LogP contribution is -2.42. The van der Waals surface area contributed by atoms with Crippen molar-refractivity contribution in [3.8, 4) is 5.75 Å². The molecule has 25 heavy (non-hydrogen) atoms. The minimum atomic E-state index is -1.02. The number of nitrogens with two attached hydrogens (primary N) is 1. The molecule has 3 rings (SSSR count). The van der Waals surface area contributed by atoms with Gasteiger partial charge in [-0.25, -0.2) is 4.99 Å². The molecule has 130 valence electrons. The average molecular weight is 340 g/mol. The van der Waals surface area contributed by atoms with Crippen LogP contribution in [-0.4, -0.2) is 17.4 Å². The molecule has 1 atom stereocenters. The number of rotatable bonds is 5. The van der Waals surface area contributed by atoms with Gasteiger partial charge in [-0.1, -0.05) is 18.2 Å². The number of non-ortho nitro benzene ring substituents is 1. The summed E-state index contributed by atoms with van der Waals surface area (Å²) in [6.07, 6.45) is 0.424. The number of benzene rings is 2. The Hall–Kier alpha value is -2.93. The Morgan fingerprint density at radius 2 is 2.08 bits per heavy atom. The minimum absolute atomic E-state index is 0.0121. The molecule has 0 saturated carbocycles. The molecule has 7 nitrogen and oxygen atoms in total. The van der Waals surface area contributed by atoms with Crippen molar-refractivity contribution < 1.29 is 9.66 Å². The van der Waals surface area contributed by atoms with Gasteiger partial charge in [-0.05, 0) is 31.5 Å². The van der Waals surface area contributed by atoms with Gasteiger partial charge < -0.3 is 15.8 Å². The molecule has 1 heterocycles. The van der Waals surface area contributed by atoms with Crippen LogP contribution in [0.15, 0.2) is 47.5 Å². The third-order valence-electron chi connectivity index (χ3n) is 4.10. The molecule has 0 radical (unpaired) electrons. The summed E-state index contributed by atoms with van der Waals surface area (Å²) in [5.74, 6) is 1.38. The van der Waals surface area contributed by atoms with Gasteiger partial charge >= 0.3 is 0 Å². The number of nitrogens with zero attached hydrogens (tertiary/aromatic N) is 2. The Bertz CT molecular complexity index is 850. The molecule has 1 aliphatic rings. The standard InChI is InChI=1S/C18H20N4O3/c1-3-25-17-7-5-4-6-13(17)11-18(19)15-9-8-14(22(23)24)10-16(15)20-12(2)21-18/h4-10H,3,11,19H2,1-2H3,(H,20,21). The first-order valence-electron chi connectivity index (χ1n) is 8.05. The number of hydrogen-bond donors (Lipinski definition) is 2. The monoisotopic (exact) mass is 340 g/mol. The predicted molar refractivity (Wildman–Crippen MR) is 97.0 cm³/mol. The molecule has 7 heteroatoms. The highest BCUT2D eigenvalue weighted by atomic mass is 16.6. The molecular formula is C18H20N4O3. The fourth-order valence-electron chi connectivity index (χ4n) is 3.08. The van der Waals surface area contributed by atoms with Crippen LogP contribution in [0.2, 0.25) is 0 Å². The van der Waals surface area contributed by atoms with Gasteiger partial charge in [-0.2, -0.15) is 0 Å². The zero-order valence-electron chi connectivity index (χ0n) is 14.2. The summed E-state index contributed by atoms with van der Waals surface area (Å²) < 4.78 is 5.68. The lowest BCUT2D eigenvalue weighted by atomic mass is 9.90. The molecule has 0 aromatic heterocycles. The Balaban J connectivity index is 2.04. The summed E-state index contributed by atoms with van der Waals surface area (Å²) in [6, 6.07) is 12.3. The van der Waals surface area contributed by atoms with Gasteiger partial charge in [0.15, 0.2) is 0 Å². The van der Waals surface area contributed by atoms with E-state index in [1.807, 2.05) is 31.2 Å². The van der Waals surface area contributed by atoms with Crippen molar-refractivity contribution in [2.75, 3.05) is 11.9 Å². The van der Waals surface area contributed by atoms with Crippen molar-refractivity contribution >= 4 is 17.2 Å². The Labute approximate surface area is 145 Å². The maximum absolute atomic E-state index is 11.0. The largest absolute Gasteiger partial charge is 0.494 e. The van der Waals surface area contributed by atoms with Crippen LogP contribution in [0.25, 0.3) is 0 Å². The number of amidine groups is 1. The number of para-hydroxylation sites is 1. The van der Waals surface area contributed by atoms with Gasteiger partial charge in [0.2, 0.25) is 0 Å². The number of anilines is 1. The highest BCUT2D eigenvalue weighted by molar-refractivity contribution is 5.97. The highest BCUT2D eigenvalue weighted by Crippen LogP contribution is 2.37. The van der Waals surface area contributed by atoms with E-state index in [1.54, 1.807) is 13.0 Å². The van der Waals surface area contributed by atoms with Crippen molar-refractivity contribution in [2.45, 2.75) is 25.9 Å². The van der Waals surface area contributed by atoms with Crippen molar-refractivity contribution in [1.29, 1.82) is 0 Å². The average Bonchev–Trinajstić information content (AvgIpc) is 2.56. The van der Waals surface area contributed by atoms with E-state index in [0.29, 0.717) is 24.6 Å². The summed E-state index contributed by atoms with van der Waals surface area (Å²) in [5, 5.41) is 14.1. The molecule has 2 aromatic rings. The minimum Gasteiger partial charge on any atom is -0.494 e. The van der Waals surface area contributed by atoms with Crippen LogP contribution in [-0.2, 0) is 12.1 Å². The zero-order valence-corrected chi connectivity index (χ0v) is 14.2. The van der Waals surface area contributed by atoms with Crippen molar-refractivity contribution in [3.05, 3.63) is 63.7 Å². The number of nitrogens with one attached hydrogen (secondary N) is 1. The van der Waals surface area contributed by atoms with Crippen LogP contribution in [0.3, 0.4) is 0 Å². The van der Waals surface area contributed by atoms with Gasteiger partial charge in [0.25, 0.3) is 5.69 Å². The first kappa shape index (κ1) is 16.9. The lowest BCUT2D eigenvalue weighted by molar-refractivity contribution is -0.384. The van der Waals surface area contributed by atoms with Gasteiger partial charge in [-0.15, -0.1) is 0 Å². The van der Waals surface area contributed by atoms with E-state index in [4.69, 9.17) is 10.5 Å². The van der Waals surface area contributed by atoms with Gasteiger partial charge in [0.1, 0.15) is 17.2 Å². The quantitative estimate of drug-likeness (QED) is 0.643. The van der Waals surface area contributed by atoms with Gasteiger partial charge in [-0.3, -0.25) is 10.1 Å². The number of hydrogen-bond acceptors (Lipinski definition) is 6. The molecule has 0 fully saturated rings. The molecule has 0 bridgehead atoms. The number of fused-ring (bicyclic) bond motifs is 1. The second-order valence-corrected chi connectivity index (χ2v) is 5.95. The number of ether oxygens (including phenoxy) is 1. The number of nitro groups is 1. The maximum Gasteiger partial charge on any atom is 0.271 e. The normalized spacial score (nSPS) is 18.8. The van der Waals surface area contributed by atoms with Crippen LogP contribution in [0.5, 0.6) is 5.75 Å². The van der Waals surface area contributed by atoms with Crippen LogP contribution in [0, 0.1) is 10.1 Å².